The van der Waals surface area contributed by atoms with Gasteiger partial charge < -0.3 is 9.84 Å². The highest BCUT2D eigenvalue weighted by molar-refractivity contribution is 8.68. The lowest BCUT2D eigenvalue weighted by Gasteiger charge is -2.10. The lowest BCUT2D eigenvalue weighted by Crippen LogP contribution is -2.11. The van der Waals surface area contributed by atoms with Crippen LogP contribution in [0.1, 0.15) is 13.8 Å². The molecular weight excluding hydrogens is 144 g/mol. The highest BCUT2D eigenvalue weighted by atomic mass is 33.1. The third-order valence-electron chi connectivity index (χ3n) is 0.537. The largest absolute Gasteiger partial charge is 0.368 e. The van der Waals surface area contributed by atoms with Gasteiger partial charge in [-0.2, -0.15) is 0 Å². The second-order valence-corrected chi connectivity index (χ2v) is 2.92. The minimum Gasteiger partial charge on any atom is -0.368 e. The summed E-state index contributed by atoms with van der Waals surface area (Å²) in [5.41, 5.74) is -0.0432. The summed E-state index contributed by atoms with van der Waals surface area (Å²) in [6.07, 6.45) is -0.690. The number of aliphatic hydroxyl groups is 1. The molecule has 0 bridgehead atoms. The van der Waals surface area contributed by atoms with Gasteiger partial charge in [0.1, 0.15) is 5.44 Å². The molecule has 0 aliphatic rings. The van der Waals surface area contributed by atoms with E-state index in [4.69, 9.17) is 9.84 Å². The maximum absolute atomic E-state index is 8.58. The molecule has 0 amide bonds. The van der Waals surface area contributed by atoms with E-state index in [1.807, 2.05) is 6.92 Å². The zero-order chi connectivity index (χ0) is 6.57. The Bertz CT molecular complexity index is 58.0. The van der Waals surface area contributed by atoms with E-state index in [0.717, 1.165) is 0 Å². The van der Waals surface area contributed by atoms with Gasteiger partial charge in [0.15, 0.2) is 6.29 Å². The Labute approximate surface area is 58.4 Å². The second-order valence-electron chi connectivity index (χ2n) is 1.41. The molecule has 2 nitrogen and oxygen atoms in total. The Balaban J connectivity index is 3.10. The summed E-state index contributed by atoms with van der Waals surface area (Å²) in [6, 6.07) is 0. The molecule has 0 spiro atoms. The molecule has 0 aliphatic heterocycles. The van der Waals surface area contributed by atoms with Crippen molar-refractivity contribution in [1.29, 1.82) is 0 Å². The molecule has 0 radical (unpaired) electrons. The number of rotatable bonds is 3. The van der Waals surface area contributed by atoms with E-state index < -0.39 is 6.29 Å². The molecule has 0 aromatic carbocycles. The average Bonchev–Trinajstić information content (AvgIpc) is 1.65. The van der Waals surface area contributed by atoms with Crippen LogP contribution in [0.25, 0.3) is 0 Å². The Kier molecular flexibility index (Phi) is 4.84. The third kappa shape index (κ3) is 4.77. The smallest absolute Gasteiger partial charge is 0.153 e. The highest BCUT2D eigenvalue weighted by Crippen LogP contribution is 2.15. The number of hydrogen-bond donors (Lipinski definition) is 2. The summed E-state index contributed by atoms with van der Waals surface area (Å²) in [5.74, 6) is 0. The molecule has 0 aromatic heterocycles. The monoisotopic (exact) mass is 154 g/mol. The number of aliphatic hydroxyl groups excluding tert-OH is 1. The van der Waals surface area contributed by atoms with E-state index >= 15 is 0 Å². The van der Waals surface area contributed by atoms with Crippen molar-refractivity contribution in [3.05, 3.63) is 0 Å². The topological polar surface area (TPSA) is 29.5 Å². The van der Waals surface area contributed by atoms with Gasteiger partial charge in [0.25, 0.3) is 0 Å². The Morgan fingerprint density at radius 2 is 2.12 bits per heavy atom. The summed E-state index contributed by atoms with van der Waals surface area (Å²) in [7, 11) is 1.27. The lowest BCUT2D eigenvalue weighted by molar-refractivity contribution is -0.0908. The molecule has 50 valence electrons. The molecule has 2 unspecified atom stereocenters. The fraction of sp³-hybridized carbons (Fsp3) is 1.00. The highest BCUT2D eigenvalue weighted by Gasteiger charge is 2.01. The van der Waals surface area contributed by atoms with E-state index in [-0.39, 0.29) is 5.44 Å². The fourth-order valence-corrected chi connectivity index (χ4v) is 0.662. The molecule has 0 saturated heterocycles. The standard InChI is InChI=1S/C4H10O2S2/c1-3(5)6-4(2)8-7/h3-5,7H,1-2H3. The SMILES string of the molecule is CC(O)OC(C)SS. The van der Waals surface area contributed by atoms with Gasteiger partial charge >= 0.3 is 0 Å². The number of thiol groups is 1. The quantitative estimate of drug-likeness (QED) is 0.364. The Morgan fingerprint density at radius 1 is 1.62 bits per heavy atom. The zero-order valence-electron chi connectivity index (χ0n) is 4.87. The van der Waals surface area contributed by atoms with Crippen molar-refractivity contribution >= 4 is 22.5 Å². The zero-order valence-corrected chi connectivity index (χ0v) is 6.58. The first-order valence-electron chi connectivity index (χ1n) is 2.30. The van der Waals surface area contributed by atoms with E-state index in [1.54, 1.807) is 6.92 Å². The summed E-state index contributed by atoms with van der Waals surface area (Å²) in [4.78, 5) is 0. The van der Waals surface area contributed by atoms with Crippen molar-refractivity contribution < 1.29 is 9.84 Å². The molecule has 0 aromatic rings. The van der Waals surface area contributed by atoms with Crippen molar-refractivity contribution in [3.8, 4) is 0 Å². The van der Waals surface area contributed by atoms with Crippen molar-refractivity contribution in [1.82, 2.24) is 0 Å². The van der Waals surface area contributed by atoms with Gasteiger partial charge in [0.2, 0.25) is 0 Å². The molecule has 0 fully saturated rings. The van der Waals surface area contributed by atoms with Crippen LogP contribution in [0.4, 0.5) is 0 Å². The van der Waals surface area contributed by atoms with Gasteiger partial charge in [-0.3, -0.25) is 0 Å². The second kappa shape index (κ2) is 4.49. The summed E-state index contributed by atoms with van der Waals surface area (Å²) in [6.45, 7) is 3.39. The molecule has 0 saturated carbocycles. The molecule has 2 atom stereocenters. The Morgan fingerprint density at radius 3 is 2.25 bits per heavy atom. The van der Waals surface area contributed by atoms with Crippen LogP contribution in [0.15, 0.2) is 0 Å². The minimum atomic E-state index is -0.690. The van der Waals surface area contributed by atoms with Gasteiger partial charge in [-0.15, -0.1) is 11.7 Å². The van der Waals surface area contributed by atoms with E-state index in [0.29, 0.717) is 0 Å². The predicted octanol–water partition coefficient (Wildman–Crippen LogP) is 1.27. The first-order valence-corrected chi connectivity index (χ1v) is 4.23. The molecule has 0 rings (SSSR count). The fourth-order valence-electron chi connectivity index (χ4n) is 0.302. The normalized spacial score (nSPS) is 18.0. The van der Waals surface area contributed by atoms with Gasteiger partial charge in [0, 0.05) is 0 Å². The van der Waals surface area contributed by atoms with E-state index in [1.165, 1.54) is 10.8 Å². The van der Waals surface area contributed by atoms with Crippen molar-refractivity contribution in [3.63, 3.8) is 0 Å². The maximum Gasteiger partial charge on any atom is 0.153 e. The average molecular weight is 154 g/mol. The maximum atomic E-state index is 8.58. The van der Waals surface area contributed by atoms with Gasteiger partial charge in [-0.25, -0.2) is 0 Å². The molecule has 0 heterocycles. The van der Waals surface area contributed by atoms with Crippen LogP contribution < -0.4 is 0 Å². The van der Waals surface area contributed by atoms with Crippen LogP contribution in [0, 0.1) is 0 Å². The van der Waals surface area contributed by atoms with Crippen LogP contribution in [0.5, 0.6) is 0 Å². The van der Waals surface area contributed by atoms with Crippen LogP contribution >= 0.6 is 22.5 Å². The van der Waals surface area contributed by atoms with E-state index in [2.05, 4.69) is 11.7 Å². The minimum absolute atomic E-state index is 0.0432. The van der Waals surface area contributed by atoms with Crippen LogP contribution in [0.3, 0.4) is 0 Å². The first-order chi connectivity index (χ1) is 3.66. The molecule has 0 aliphatic carbocycles. The summed E-state index contributed by atoms with van der Waals surface area (Å²) in [5, 5.41) is 8.58. The summed E-state index contributed by atoms with van der Waals surface area (Å²) < 4.78 is 4.84. The van der Waals surface area contributed by atoms with Crippen LogP contribution in [0.2, 0.25) is 0 Å². The number of hydrogen-bond acceptors (Lipinski definition) is 4. The van der Waals surface area contributed by atoms with E-state index in [9.17, 15) is 0 Å². The molecular formula is C4H10O2S2. The van der Waals surface area contributed by atoms with Gasteiger partial charge in [-0.05, 0) is 13.8 Å². The van der Waals surface area contributed by atoms with Crippen molar-refractivity contribution in [2.45, 2.75) is 25.6 Å². The number of ether oxygens (including phenoxy) is 1. The van der Waals surface area contributed by atoms with Crippen molar-refractivity contribution in [2.75, 3.05) is 0 Å². The molecule has 8 heavy (non-hydrogen) atoms. The molecule has 1 N–H and O–H groups in total. The van der Waals surface area contributed by atoms with Crippen LogP contribution in [-0.2, 0) is 4.74 Å². The van der Waals surface area contributed by atoms with Crippen LogP contribution in [-0.4, -0.2) is 16.8 Å². The molecule has 4 heteroatoms. The Hall–Kier alpha value is 0.620. The third-order valence-corrected chi connectivity index (χ3v) is 1.84. The predicted molar refractivity (Wildman–Crippen MR) is 38.8 cm³/mol. The lowest BCUT2D eigenvalue weighted by atomic mass is 10.7. The first kappa shape index (κ1) is 8.62. The van der Waals surface area contributed by atoms with Gasteiger partial charge in [-0.1, -0.05) is 10.8 Å². The summed E-state index contributed by atoms with van der Waals surface area (Å²) >= 11 is 3.87. The van der Waals surface area contributed by atoms with Gasteiger partial charge in [0.05, 0.1) is 0 Å². The van der Waals surface area contributed by atoms with Crippen molar-refractivity contribution in [2.24, 2.45) is 0 Å².